The van der Waals surface area contributed by atoms with Gasteiger partial charge in [-0.2, -0.15) is 0 Å². The highest BCUT2D eigenvalue weighted by atomic mass is 16.6. The predicted molar refractivity (Wildman–Crippen MR) is 68.5 cm³/mol. The molecule has 0 spiro atoms. The highest BCUT2D eigenvalue weighted by Crippen LogP contribution is 2.40. The fourth-order valence-corrected chi connectivity index (χ4v) is 2.09. The van der Waals surface area contributed by atoms with Crippen molar-refractivity contribution in [1.82, 2.24) is 4.90 Å². The van der Waals surface area contributed by atoms with Crippen molar-refractivity contribution in [2.24, 2.45) is 0 Å². The number of carboxylic acid groups (broad SMARTS) is 1. The Labute approximate surface area is 112 Å². The maximum atomic E-state index is 11.7. The summed E-state index contributed by atoms with van der Waals surface area (Å²) < 4.78 is 5.20. The van der Waals surface area contributed by atoms with Crippen LogP contribution in [0.1, 0.15) is 40.5 Å². The summed E-state index contributed by atoms with van der Waals surface area (Å²) in [5, 5.41) is 19.2. The molecule has 1 aliphatic rings. The Kier molecular flexibility index (Phi) is 4.25. The zero-order valence-electron chi connectivity index (χ0n) is 11.8. The van der Waals surface area contributed by atoms with E-state index in [0.29, 0.717) is 12.8 Å². The highest BCUT2D eigenvalue weighted by Gasteiger charge is 2.59. The van der Waals surface area contributed by atoms with Gasteiger partial charge in [-0.25, -0.2) is 4.79 Å². The van der Waals surface area contributed by atoms with E-state index in [9.17, 15) is 14.7 Å². The van der Waals surface area contributed by atoms with Gasteiger partial charge in [0, 0.05) is 0 Å². The number of aliphatic carboxylic acids is 1. The van der Waals surface area contributed by atoms with Crippen molar-refractivity contribution >= 4 is 12.1 Å². The largest absolute Gasteiger partial charge is 0.480 e. The van der Waals surface area contributed by atoms with Crippen molar-refractivity contribution in [3.63, 3.8) is 0 Å². The van der Waals surface area contributed by atoms with E-state index in [1.165, 1.54) is 6.92 Å². The minimum atomic E-state index is -1.64. The van der Waals surface area contributed by atoms with Crippen molar-refractivity contribution in [3.8, 4) is 0 Å². The van der Waals surface area contributed by atoms with Crippen LogP contribution in [0.3, 0.4) is 0 Å². The van der Waals surface area contributed by atoms with Crippen LogP contribution in [0.4, 0.5) is 4.79 Å². The zero-order chi connectivity index (χ0) is 14.8. The van der Waals surface area contributed by atoms with E-state index in [0.717, 1.165) is 10.5 Å². The number of rotatable bonds is 5. The van der Waals surface area contributed by atoms with Crippen LogP contribution < -0.4 is 0 Å². The molecular weight excluding hydrogens is 250 g/mol. The monoisotopic (exact) mass is 271 g/mol. The first-order valence-corrected chi connectivity index (χ1v) is 6.18. The summed E-state index contributed by atoms with van der Waals surface area (Å²) in [6.07, 6.45) is 2.25. The molecule has 2 N–H and O–H groups in total. The highest BCUT2D eigenvalue weighted by molar-refractivity contribution is 5.79. The van der Waals surface area contributed by atoms with E-state index in [4.69, 9.17) is 9.84 Å². The maximum Gasteiger partial charge on any atom is 0.413 e. The Morgan fingerprint density at radius 2 is 2.00 bits per heavy atom. The van der Waals surface area contributed by atoms with Crippen molar-refractivity contribution in [2.45, 2.75) is 51.9 Å². The number of ether oxygens (including phenoxy) is 1. The van der Waals surface area contributed by atoms with Gasteiger partial charge in [0.25, 0.3) is 0 Å². The number of carbonyl (C=O) groups is 2. The molecule has 0 aromatic heterocycles. The first-order chi connectivity index (χ1) is 8.60. The fourth-order valence-electron chi connectivity index (χ4n) is 2.09. The van der Waals surface area contributed by atoms with Gasteiger partial charge >= 0.3 is 12.1 Å². The summed E-state index contributed by atoms with van der Waals surface area (Å²) in [5.41, 5.74) is -1.63. The quantitative estimate of drug-likeness (QED) is 0.744. The van der Waals surface area contributed by atoms with E-state index in [-0.39, 0.29) is 0 Å². The third-order valence-electron chi connectivity index (χ3n) is 3.53. The molecular formula is C13H21NO5. The summed E-state index contributed by atoms with van der Waals surface area (Å²) in [6.45, 7) is 6.36. The molecule has 6 heteroatoms. The van der Waals surface area contributed by atoms with Crippen LogP contribution >= 0.6 is 0 Å². The lowest BCUT2D eigenvalue weighted by Crippen LogP contribution is -2.56. The van der Waals surface area contributed by atoms with Crippen LogP contribution in [0, 0.1) is 0 Å². The van der Waals surface area contributed by atoms with Gasteiger partial charge in [-0.3, -0.25) is 9.69 Å². The van der Waals surface area contributed by atoms with Crippen LogP contribution in [0.15, 0.2) is 11.6 Å². The molecule has 2 atom stereocenters. The average Bonchev–Trinajstić information content (AvgIpc) is 2.38. The number of nitrogens with zero attached hydrogens (tertiary/aromatic N) is 1. The number of carboxylic acids is 1. The standard InChI is InChI=1S/C13H21NO5/c1-9(2)6-5-7-12(3)13(4,18)14(8-10(15)16)11(17)19-12/h6,18H,5,7-8H2,1-4H3,(H,15,16)/t12-,13+/m1/s1. The number of allylic oxidation sites excluding steroid dienone is 2. The van der Waals surface area contributed by atoms with Crippen LogP contribution in [0.5, 0.6) is 0 Å². The topological polar surface area (TPSA) is 87.1 Å². The summed E-state index contributed by atoms with van der Waals surface area (Å²) in [5.74, 6) is -1.19. The number of hydrogen-bond acceptors (Lipinski definition) is 4. The van der Waals surface area contributed by atoms with Gasteiger partial charge in [0.05, 0.1) is 0 Å². The molecule has 0 bridgehead atoms. The van der Waals surface area contributed by atoms with Gasteiger partial charge in [-0.05, 0) is 40.5 Å². The second-order valence-corrected chi connectivity index (χ2v) is 5.42. The molecule has 1 amide bonds. The van der Waals surface area contributed by atoms with E-state index in [2.05, 4.69) is 0 Å². The number of aliphatic hydroxyl groups is 1. The molecule has 1 rings (SSSR count). The van der Waals surface area contributed by atoms with E-state index >= 15 is 0 Å². The third kappa shape index (κ3) is 3.07. The Morgan fingerprint density at radius 1 is 1.42 bits per heavy atom. The van der Waals surface area contributed by atoms with E-state index in [1.54, 1.807) is 6.92 Å². The summed E-state index contributed by atoms with van der Waals surface area (Å²) in [7, 11) is 0. The smallest absolute Gasteiger partial charge is 0.413 e. The summed E-state index contributed by atoms with van der Waals surface area (Å²) in [4.78, 5) is 23.3. The van der Waals surface area contributed by atoms with Gasteiger partial charge in [-0.15, -0.1) is 0 Å². The van der Waals surface area contributed by atoms with Gasteiger partial charge in [0.15, 0.2) is 11.3 Å². The van der Waals surface area contributed by atoms with Gasteiger partial charge in [0.2, 0.25) is 0 Å². The first kappa shape index (κ1) is 15.5. The molecule has 1 heterocycles. The Hall–Kier alpha value is -1.56. The molecule has 19 heavy (non-hydrogen) atoms. The normalized spacial score (nSPS) is 30.2. The molecule has 0 aromatic rings. The summed E-state index contributed by atoms with van der Waals surface area (Å²) >= 11 is 0. The molecule has 1 saturated heterocycles. The van der Waals surface area contributed by atoms with Crippen LogP contribution in [-0.4, -0.2) is 45.0 Å². The van der Waals surface area contributed by atoms with Crippen LogP contribution in [0.2, 0.25) is 0 Å². The second kappa shape index (κ2) is 5.21. The lowest BCUT2D eigenvalue weighted by molar-refractivity contribution is -0.155. The van der Waals surface area contributed by atoms with Gasteiger partial charge in [-0.1, -0.05) is 11.6 Å². The van der Waals surface area contributed by atoms with Gasteiger partial charge < -0.3 is 14.9 Å². The lowest BCUT2D eigenvalue weighted by atomic mass is 9.88. The first-order valence-electron chi connectivity index (χ1n) is 6.18. The Bertz CT molecular complexity index is 411. The number of amides is 1. The molecule has 108 valence electrons. The molecule has 0 unspecified atom stereocenters. The van der Waals surface area contributed by atoms with E-state index in [1.807, 2.05) is 19.9 Å². The number of cyclic esters (lactones) is 1. The molecule has 6 nitrogen and oxygen atoms in total. The SMILES string of the molecule is CC(C)=CCC[C@@]1(C)OC(=O)N(CC(=O)O)[C@@]1(C)O. The second-order valence-electron chi connectivity index (χ2n) is 5.42. The number of hydrogen-bond donors (Lipinski definition) is 2. The van der Waals surface area contributed by atoms with Crippen molar-refractivity contribution in [3.05, 3.63) is 11.6 Å². The Balaban J connectivity index is 2.88. The fraction of sp³-hybridized carbons (Fsp3) is 0.692. The molecule has 1 aliphatic heterocycles. The van der Waals surface area contributed by atoms with Crippen molar-refractivity contribution < 1.29 is 24.5 Å². The maximum absolute atomic E-state index is 11.7. The average molecular weight is 271 g/mol. The van der Waals surface area contributed by atoms with Crippen LogP contribution in [-0.2, 0) is 9.53 Å². The lowest BCUT2D eigenvalue weighted by Gasteiger charge is -2.36. The summed E-state index contributed by atoms with van der Waals surface area (Å²) in [6, 6.07) is 0. The van der Waals surface area contributed by atoms with Gasteiger partial charge in [0.1, 0.15) is 6.54 Å². The third-order valence-corrected chi connectivity index (χ3v) is 3.53. The number of carbonyl (C=O) groups excluding carboxylic acids is 1. The predicted octanol–water partition coefficient (Wildman–Crippen LogP) is 1.74. The van der Waals surface area contributed by atoms with Crippen molar-refractivity contribution in [2.75, 3.05) is 6.54 Å². The minimum Gasteiger partial charge on any atom is -0.480 e. The Morgan fingerprint density at radius 3 is 2.47 bits per heavy atom. The minimum absolute atomic E-state index is 0.424. The molecule has 0 saturated carbocycles. The van der Waals surface area contributed by atoms with Crippen LogP contribution in [0.25, 0.3) is 0 Å². The molecule has 1 fully saturated rings. The zero-order valence-corrected chi connectivity index (χ0v) is 11.8. The van der Waals surface area contributed by atoms with Crippen molar-refractivity contribution in [1.29, 1.82) is 0 Å². The van der Waals surface area contributed by atoms with E-state index < -0.39 is 29.9 Å². The molecule has 0 radical (unpaired) electrons. The molecule has 0 aromatic carbocycles. The molecule has 0 aliphatic carbocycles.